The molecule has 2 N–H and O–H groups in total. The molecule has 0 spiro atoms. The summed E-state index contributed by atoms with van der Waals surface area (Å²) in [5.74, 6) is 1.31. The highest BCUT2D eigenvalue weighted by atomic mass is 127. The van der Waals surface area contributed by atoms with Crippen molar-refractivity contribution >= 4 is 35.8 Å². The number of nitrogens with zero attached hydrogens (tertiary/aromatic N) is 4. The topological polar surface area (TPSA) is 74.5 Å². The Morgan fingerprint density at radius 3 is 2.62 bits per heavy atom. The van der Waals surface area contributed by atoms with Gasteiger partial charge in [0, 0.05) is 33.9 Å². The smallest absolute Gasteiger partial charge is 0.241 e. The zero-order valence-electron chi connectivity index (χ0n) is 16.8. The van der Waals surface area contributed by atoms with E-state index in [9.17, 15) is 4.79 Å². The van der Waals surface area contributed by atoms with Crippen LogP contribution in [0, 0.1) is 5.92 Å². The van der Waals surface area contributed by atoms with Gasteiger partial charge < -0.3 is 15.5 Å². The highest BCUT2D eigenvalue weighted by Gasteiger charge is 2.10. The van der Waals surface area contributed by atoms with Crippen LogP contribution >= 0.6 is 24.0 Å². The number of carbonyl (C=O) groups is 1. The number of carbonyl (C=O) groups excluding carboxylic acids is 1. The third kappa shape index (κ3) is 9.40. The van der Waals surface area contributed by atoms with E-state index < -0.39 is 0 Å². The van der Waals surface area contributed by atoms with Crippen molar-refractivity contribution in [3.63, 3.8) is 0 Å². The lowest BCUT2D eigenvalue weighted by molar-refractivity contribution is -0.127. The van der Waals surface area contributed by atoms with E-state index in [1.54, 1.807) is 25.2 Å². The number of hydrogen-bond donors (Lipinski definition) is 2. The number of likely N-dealkylation sites (N-methyl/N-ethyl adjacent to an activating group) is 1. The number of amides is 1. The molecule has 0 fully saturated rings. The lowest BCUT2D eigenvalue weighted by atomic mass is 9.99. The standard InChI is InChI=1S/C18H34N6O.HI/c1-6-8-9-15(7-2)12-19-18(21-14-17(25)23(3)4)20-13-16-10-11-22-24(16)5;/h10-11,15H,6-9,12-14H2,1-5H3,(H2,19,20,21);1H. The number of hydrogen-bond acceptors (Lipinski definition) is 3. The van der Waals surface area contributed by atoms with Gasteiger partial charge in [0.25, 0.3) is 0 Å². The normalized spacial score (nSPS) is 12.3. The fourth-order valence-electron chi connectivity index (χ4n) is 2.39. The molecule has 150 valence electrons. The first-order chi connectivity index (χ1) is 12.0. The number of rotatable bonds is 10. The van der Waals surface area contributed by atoms with Crippen LogP contribution < -0.4 is 10.6 Å². The van der Waals surface area contributed by atoms with Crippen LogP contribution in [0.5, 0.6) is 0 Å². The Morgan fingerprint density at radius 1 is 1.35 bits per heavy atom. The van der Waals surface area contributed by atoms with Crippen molar-refractivity contribution in [1.82, 2.24) is 25.3 Å². The predicted molar refractivity (Wildman–Crippen MR) is 118 cm³/mol. The zero-order chi connectivity index (χ0) is 18.7. The quantitative estimate of drug-likeness (QED) is 0.308. The highest BCUT2D eigenvalue weighted by Crippen LogP contribution is 2.11. The molecule has 1 rings (SSSR count). The SMILES string of the molecule is CCCCC(CC)CNC(=NCc1ccnn1C)NCC(=O)N(C)C.I. The van der Waals surface area contributed by atoms with Crippen LogP contribution in [0.3, 0.4) is 0 Å². The molecule has 1 amide bonds. The predicted octanol–water partition coefficient (Wildman–Crippen LogP) is 2.38. The van der Waals surface area contributed by atoms with Crippen molar-refractivity contribution in [3.05, 3.63) is 18.0 Å². The van der Waals surface area contributed by atoms with Crippen LogP contribution in [0.4, 0.5) is 0 Å². The molecule has 0 saturated heterocycles. The van der Waals surface area contributed by atoms with Crippen LogP contribution in [0.15, 0.2) is 17.3 Å². The van der Waals surface area contributed by atoms with Crippen molar-refractivity contribution in [2.24, 2.45) is 18.0 Å². The Kier molecular flexibility index (Phi) is 13.1. The first-order valence-electron chi connectivity index (χ1n) is 9.17. The number of aromatic nitrogens is 2. The van der Waals surface area contributed by atoms with Crippen LogP contribution in [0.2, 0.25) is 0 Å². The number of halogens is 1. The molecular formula is C18H35IN6O. The van der Waals surface area contributed by atoms with Gasteiger partial charge in [-0.05, 0) is 18.4 Å². The number of aryl methyl sites for hydroxylation is 1. The Hall–Kier alpha value is -1.32. The molecule has 0 saturated carbocycles. The third-order valence-electron chi connectivity index (χ3n) is 4.33. The molecular weight excluding hydrogens is 443 g/mol. The number of aliphatic imine (C=N–C) groups is 1. The molecule has 0 radical (unpaired) electrons. The van der Waals surface area contributed by atoms with E-state index in [1.807, 2.05) is 17.8 Å². The van der Waals surface area contributed by atoms with Crippen LogP contribution in [-0.2, 0) is 18.4 Å². The summed E-state index contributed by atoms with van der Waals surface area (Å²) in [5, 5.41) is 10.7. The number of guanidine groups is 1. The maximum absolute atomic E-state index is 11.8. The van der Waals surface area contributed by atoms with E-state index in [0.717, 1.165) is 18.7 Å². The van der Waals surface area contributed by atoms with E-state index in [0.29, 0.717) is 18.4 Å². The van der Waals surface area contributed by atoms with Crippen molar-refractivity contribution in [2.75, 3.05) is 27.2 Å². The van der Waals surface area contributed by atoms with Crippen molar-refractivity contribution < 1.29 is 4.79 Å². The first-order valence-corrected chi connectivity index (χ1v) is 9.17. The van der Waals surface area contributed by atoms with Crippen LogP contribution in [0.1, 0.15) is 45.2 Å². The summed E-state index contributed by atoms with van der Waals surface area (Å²) in [6.45, 7) is 6.06. The monoisotopic (exact) mass is 478 g/mol. The van der Waals surface area contributed by atoms with Crippen LogP contribution in [-0.4, -0.2) is 53.7 Å². The number of unbranched alkanes of at least 4 members (excludes halogenated alkanes) is 1. The van der Waals surface area contributed by atoms with Crippen molar-refractivity contribution in [2.45, 2.75) is 46.1 Å². The van der Waals surface area contributed by atoms with Gasteiger partial charge in [0.15, 0.2) is 5.96 Å². The van der Waals surface area contributed by atoms with E-state index in [2.05, 4.69) is 34.6 Å². The maximum Gasteiger partial charge on any atom is 0.241 e. The highest BCUT2D eigenvalue weighted by molar-refractivity contribution is 14.0. The van der Waals surface area contributed by atoms with Gasteiger partial charge in [-0.15, -0.1) is 24.0 Å². The maximum atomic E-state index is 11.8. The molecule has 1 unspecified atom stereocenters. The third-order valence-corrected chi connectivity index (χ3v) is 4.33. The molecule has 26 heavy (non-hydrogen) atoms. The average Bonchev–Trinajstić information content (AvgIpc) is 3.01. The van der Waals surface area contributed by atoms with Gasteiger partial charge in [0.1, 0.15) is 0 Å². The summed E-state index contributed by atoms with van der Waals surface area (Å²) >= 11 is 0. The summed E-state index contributed by atoms with van der Waals surface area (Å²) in [7, 11) is 5.41. The van der Waals surface area contributed by atoms with Gasteiger partial charge in [-0.2, -0.15) is 5.10 Å². The second kappa shape index (κ2) is 13.8. The average molecular weight is 478 g/mol. The van der Waals surface area contributed by atoms with Crippen LogP contribution in [0.25, 0.3) is 0 Å². The molecule has 8 heteroatoms. The summed E-state index contributed by atoms with van der Waals surface area (Å²) in [4.78, 5) is 18.0. The molecule has 1 atom stereocenters. The molecule has 0 aliphatic carbocycles. The molecule has 7 nitrogen and oxygen atoms in total. The Labute approximate surface area is 175 Å². The molecule has 1 heterocycles. The lowest BCUT2D eigenvalue weighted by Crippen LogP contribution is -2.44. The van der Waals surface area contributed by atoms with Gasteiger partial charge >= 0.3 is 0 Å². The lowest BCUT2D eigenvalue weighted by Gasteiger charge is -2.19. The fourth-order valence-corrected chi connectivity index (χ4v) is 2.39. The summed E-state index contributed by atoms with van der Waals surface area (Å²) in [6.07, 6.45) is 6.57. The van der Waals surface area contributed by atoms with Gasteiger partial charge in [-0.25, -0.2) is 4.99 Å². The molecule has 0 bridgehead atoms. The van der Waals surface area contributed by atoms with E-state index >= 15 is 0 Å². The molecule has 1 aromatic heterocycles. The second-order valence-corrected chi connectivity index (χ2v) is 6.55. The summed E-state index contributed by atoms with van der Waals surface area (Å²) < 4.78 is 1.81. The van der Waals surface area contributed by atoms with Crippen molar-refractivity contribution in [1.29, 1.82) is 0 Å². The minimum Gasteiger partial charge on any atom is -0.356 e. The summed E-state index contributed by atoms with van der Waals surface area (Å²) in [6, 6.07) is 1.95. The largest absolute Gasteiger partial charge is 0.356 e. The van der Waals surface area contributed by atoms with Crippen molar-refractivity contribution in [3.8, 4) is 0 Å². The Bertz CT molecular complexity index is 544. The van der Waals surface area contributed by atoms with E-state index in [1.165, 1.54) is 19.3 Å². The minimum absolute atomic E-state index is 0. The van der Waals surface area contributed by atoms with Gasteiger partial charge in [-0.3, -0.25) is 9.48 Å². The molecule has 0 aliphatic heterocycles. The van der Waals surface area contributed by atoms with Gasteiger partial charge in [0.05, 0.1) is 18.8 Å². The summed E-state index contributed by atoms with van der Waals surface area (Å²) in [5.41, 5.74) is 1.03. The molecule has 0 aliphatic rings. The van der Waals surface area contributed by atoms with Gasteiger partial charge in [-0.1, -0.05) is 33.1 Å². The van der Waals surface area contributed by atoms with E-state index in [4.69, 9.17) is 0 Å². The molecule has 0 aromatic carbocycles. The number of nitrogens with one attached hydrogen (secondary N) is 2. The minimum atomic E-state index is 0. The Morgan fingerprint density at radius 2 is 2.08 bits per heavy atom. The van der Waals surface area contributed by atoms with E-state index in [-0.39, 0.29) is 36.4 Å². The zero-order valence-corrected chi connectivity index (χ0v) is 19.1. The Balaban J connectivity index is 0.00000625. The first kappa shape index (κ1) is 24.7. The second-order valence-electron chi connectivity index (χ2n) is 6.55. The molecule has 1 aromatic rings. The van der Waals surface area contributed by atoms with Gasteiger partial charge in [0.2, 0.25) is 5.91 Å². The fraction of sp³-hybridized carbons (Fsp3) is 0.722.